The molecule has 0 aliphatic heterocycles. The summed E-state index contributed by atoms with van der Waals surface area (Å²) in [6.07, 6.45) is -0.605. The Morgan fingerprint density at radius 1 is 1.00 bits per heavy atom. The summed E-state index contributed by atoms with van der Waals surface area (Å²) in [5.74, 6) is 0. The summed E-state index contributed by atoms with van der Waals surface area (Å²) in [6, 6.07) is 19.1. The predicted molar refractivity (Wildman–Crippen MR) is 86.7 cm³/mol. The second kappa shape index (κ2) is 7.03. The molecule has 2 aromatic carbocycles. The molecule has 0 radical (unpaired) electrons. The topological polar surface area (TPSA) is 44.3 Å². The van der Waals surface area contributed by atoms with Crippen LogP contribution in [-0.4, -0.2) is 16.3 Å². The minimum absolute atomic E-state index is 0.180. The first-order valence-corrected chi connectivity index (χ1v) is 6.93. The largest absolute Gasteiger partial charge is 0.386 e. The number of aliphatic hydroxyl groups is 1. The fourth-order valence-electron chi connectivity index (χ4n) is 1.91. The summed E-state index contributed by atoms with van der Waals surface area (Å²) in [4.78, 5) is 0. The normalized spacial score (nSPS) is 13.3. The molecule has 0 bridgehead atoms. The SMILES string of the molecule is CC(NC(=S)Nc1ccccc1)C(O)c1ccccc1. The highest BCUT2D eigenvalue weighted by atomic mass is 32.1. The summed E-state index contributed by atoms with van der Waals surface area (Å²) in [6.45, 7) is 1.90. The number of anilines is 1. The van der Waals surface area contributed by atoms with E-state index in [2.05, 4.69) is 10.6 Å². The number of para-hydroxylation sites is 1. The molecule has 0 saturated heterocycles. The second-order valence-electron chi connectivity index (χ2n) is 4.61. The number of benzene rings is 2. The molecule has 0 saturated carbocycles. The first-order valence-electron chi connectivity index (χ1n) is 6.52. The van der Waals surface area contributed by atoms with Crippen molar-refractivity contribution in [1.29, 1.82) is 0 Å². The maximum atomic E-state index is 10.3. The van der Waals surface area contributed by atoms with Crippen LogP contribution in [0, 0.1) is 0 Å². The predicted octanol–water partition coefficient (Wildman–Crippen LogP) is 3.10. The molecular formula is C16H18N2OS. The third-order valence-corrected chi connectivity index (χ3v) is 3.23. The molecule has 0 amide bonds. The van der Waals surface area contributed by atoms with Crippen LogP contribution >= 0.6 is 12.2 Å². The van der Waals surface area contributed by atoms with E-state index in [1.165, 1.54) is 0 Å². The van der Waals surface area contributed by atoms with Crippen molar-refractivity contribution in [2.75, 3.05) is 5.32 Å². The Kier molecular flexibility index (Phi) is 5.09. The van der Waals surface area contributed by atoms with Crippen LogP contribution in [0.3, 0.4) is 0 Å². The van der Waals surface area contributed by atoms with Gasteiger partial charge in [0.25, 0.3) is 0 Å². The van der Waals surface area contributed by atoms with Gasteiger partial charge in [0.2, 0.25) is 0 Å². The van der Waals surface area contributed by atoms with E-state index in [0.717, 1.165) is 11.3 Å². The lowest BCUT2D eigenvalue weighted by atomic mass is 10.0. The van der Waals surface area contributed by atoms with Gasteiger partial charge in [-0.1, -0.05) is 48.5 Å². The highest BCUT2D eigenvalue weighted by Gasteiger charge is 2.16. The summed E-state index contributed by atoms with van der Waals surface area (Å²) in [5, 5.41) is 16.9. The van der Waals surface area contributed by atoms with Gasteiger partial charge in [-0.2, -0.15) is 0 Å². The van der Waals surface area contributed by atoms with Crippen molar-refractivity contribution in [3.05, 3.63) is 66.2 Å². The fourth-order valence-corrected chi connectivity index (χ4v) is 2.22. The molecule has 2 atom stereocenters. The standard InChI is InChI=1S/C16H18N2OS/c1-12(15(19)13-8-4-2-5-9-13)17-16(20)18-14-10-6-3-7-11-14/h2-12,15,19H,1H3,(H2,17,18,20). The maximum Gasteiger partial charge on any atom is 0.171 e. The highest BCUT2D eigenvalue weighted by Crippen LogP contribution is 2.16. The minimum atomic E-state index is -0.605. The molecule has 0 aliphatic rings. The lowest BCUT2D eigenvalue weighted by Crippen LogP contribution is -2.39. The number of rotatable bonds is 4. The molecule has 0 spiro atoms. The van der Waals surface area contributed by atoms with E-state index in [1.54, 1.807) is 0 Å². The van der Waals surface area contributed by atoms with Gasteiger partial charge in [0.05, 0.1) is 12.1 Å². The fraction of sp³-hybridized carbons (Fsp3) is 0.188. The molecule has 20 heavy (non-hydrogen) atoms. The Bertz CT molecular complexity index is 545. The third kappa shape index (κ3) is 4.05. The number of thiocarbonyl (C=S) groups is 1. The van der Waals surface area contributed by atoms with Crippen LogP contribution in [0.5, 0.6) is 0 Å². The van der Waals surface area contributed by atoms with Crippen molar-refractivity contribution in [3.63, 3.8) is 0 Å². The Morgan fingerprint density at radius 3 is 2.15 bits per heavy atom. The highest BCUT2D eigenvalue weighted by molar-refractivity contribution is 7.80. The molecule has 4 heteroatoms. The van der Waals surface area contributed by atoms with Crippen LogP contribution in [0.4, 0.5) is 5.69 Å². The summed E-state index contributed by atoms with van der Waals surface area (Å²) in [7, 11) is 0. The molecule has 104 valence electrons. The van der Waals surface area contributed by atoms with Crippen molar-refractivity contribution >= 4 is 23.0 Å². The van der Waals surface area contributed by atoms with Gasteiger partial charge in [0.15, 0.2) is 5.11 Å². The Labute approximate surface area is 124 Å². The maximum absolute atomic E-state index is 10.3. The van der Waals surface area contributed by atoms with Gasteiger partial charge < -0.3 is 15.7 Å². The van der Waals surface area contributed by atoms with Gasteiger partial charge in [-0.05, 0) is 36.8 Å². The number of aliphatic hydroxyl groups excluding tert-OH is 1. The lowest BCUT2D eigenvalue weighted by molar-refractivity contribution is 0.145. The van der Waals surface area contributed by atoms with Crippen molar-refractivity contribution in [2.24, 2.45) is 0 Å². The van der Waals surface area contributed by atoms with Gasteiger partial charge in [-0.25, -0.2) is 0 Å². The van der Waals surface area contributed by atoms with Crippen molar-refractivity contribution in [2.45, 2.75) is 19.1 Å². The lowest BCUT2D eigenvalue weighted by Gasteiger charge is -2.22. The number of nitrogens with one attached hydrogen (secondary N) is 2. The molecule has 2 aromatic rings. The Hall–Kier alpha value is -1.91. The Morgan fingerprint density at radius 2 is 1.55 bits per heavy atom. The van der Waals surface area contributed by atoms with E-state index >= 15 is 0 Å². The van der Waals surface area contributed by atoms with Gasteiger partial charge in [-0.15, -0.1) is 0 Å². The third-order valence-electron chi connectivity index (χ3n) is 3.01. The molecule has 0 aliphatic carbocycles. The molecule has 2 unspecified atom stereocenters. The van der Waals surface area contributed by atoms with Gasteiger partial charge >= 0.3 is 0 Å². The van der Waals surface area contributed by atoms with E-state index in [-0.39, 0.29) is 6.04 Å². The molecule has 3 nitrogen and oxygen atoms in total. The molecule has 0 heterocycles. The first-order chi connectivity index (χ1) is 9.66. The molecule has 2 rings (SSSR count). The van der Waals surface area contributed by atoms with Crippen LogP contribution in [0.15, 0.2) is 60.7 Å². The summed E-state index contributed by atoms with van der Waals surface area (Å²) < 4.78 is 0. The van der Waals surface area contributed by atoms with Crippen molar-refractivity contribution < 1.29 is 5.11 Å². The molecule has 0 fully saturated rings. The zero-order valence-corrected chi connectivity index (χ0v) is 12.1. The van der Waals surface area contributed by atoms with Crippen LogP contribution in [-0.2, 0) is 0 Å². The van der Waals surface area contributed by atoms with E-state index in [0.29, 0.717) is 5.11 Å². The summed E-state index contributed by atoms with van der Waals surface area (Å²) >= 11 is 5.25. The molecule has 0 aromatic heterocycles. The molecule has 3 N–H and O–H groups in total. The van der Waals surface area contributed by atoms with Gasteiger partial charge in [0.1, 0.15) is 0 Å². The van der Waals surface area contributed by atoms with E-state index < -0.39 is 6.10 Å². The zero-order chi connectivity index (χ0) is 14.4. The van der Waals surface area contributed by atoms with Crippen LogP contribution in [0.2, 0.25) is 0 Å². The van der Waals surface area contributed by atoms with Gasteiger partial charge in [0, 0.05) is 5.69 Å². The average molecular weight is 286 g/mol. The van der Waals surface area contributed by atoms with Crippen LogP contribution < -0.4 is 10.6 Å². The van der Waals surface area contributed by atoms with Crippen LogP contribution in [0.1, 0.15) is 18.6 Å². The van der Waals surface area contributed by atoms with E-state index in [1.807, 2.05) is 67.6 Å². The zero-order valence-electron chi connectivity index (χ0n) is 11.3. The molecular weight excluding hydrogens is 268 g/mol. The van der Waals surface area contributed by atoms with E-state index in [9.17, 15) is 5.11 Å². The second-order valence-corrected chi connectivity index (χ2v) is 5.02. The smallest absolute Gasteiger partial charge is 0.171 e. The monoisotopic (exact) mass is 286 g/mol. The number of hydrogen-bond acceptors (Lipinski definition) is 2. The number of hydrogen-bond donors (Lipinski definition) is 3. The van der Waals surface area contributed by atoms with E-state index in [4.69, 9.17) is 12.2 Å². The quantitative estimate of drug-likeness (QED) is 0.756. The Balaban J connectivity index is 1.91. The van der Waals surface area contributed by atoms with Crippen molar-refractivity contribution in [1.82, 2.24) is 5.32 Å². The average Bonchev–Trinajstić information content (AvgIpc) is 2.48. The van der Waals surface area contributed by atoms with Crippen LogP contribution in [0.25, 0.3) is 0 Å². The van der Waals surface area contributed by atoms with Crippen molar-refractivity contribution in [3.8, 4) is 0 Å². The first kappa shape index (κ1) is 14.5. The summed E-state index contributed by atoms with van der Waals surface area (Å²) in [5.41, 5.74) is 1.79. The minimum Gasteiger partial charge on any atom is -0.386 e. The van der Waals surface area contributed by atoms with Gasteiger partial charge in [-0.3, -0.25) is 0 Å².